The SMILES string of the molecule is COc1ccc([C@@H](C)NC(=O)c2ccc(CN3CCCCC3)cc2)cc1OC. The molecule has 150 valence electrons. The van der Waals surface area contributed by atoms with Crippen molar-refractivity contribution in [2.45, 2.75) is 38.8 Å². The van der Waals surface area contributed by atoms with E-state index < -0.39 is 0 Å². The van der Waals surface area contributed by atoms with Crippen molar-refractivity contribution in [3.05, 3.63) is 59.2 Å². The van der Waals surface area contributed by atoms with Crippen LogP contribution >= 0.6 is 0 Å². The Morgan fingerprint density at radius 1 is 1.00 bits per heavy atom. The average Bonchev–Trinajstić information content (AvgIpc) is 2.74. The van der Waals surface area contributed by atoms with Gasteiger partial charge >= 0.3 is 0 Å². The van der Waals surface area contributed by atoms with Crippen LogP contribution < -0.4 is 14.8 Å². The molecule has 0 aliphatic carbocycles. The Balaban J connectivity index is 1.60. The normalized spacial score (nSPS) is 15.7. The monoisotopic (exact) mass is 382 g/mol. The Hall–Kier alpha value is -2.53. The Bertz CT molecular complexity index is 783. The molecule has 0 saturated carbocycles. The Labute approximate surface area is 167 Å². The number of ether oxygens (including phenoxy) is 2. The van der Waals surface area contributed by atoms with E-state index in [9.17, 15) is 4.79 Å². The molecule has 2 aromatic rings. The lowest BCUT2D eigenvalue weighted by atomic mass is 10.1. The van der Waals surface area contributed by atoms with Gasteiger partial charge in [-0.2, -0.15) is 0 Å². The summed E-state index contributed by atoms with van der Waals surface area (Å²) in [7, 11) is 3.22. The summed E-state index contributed by atoms with van der Waals surface area (Å²) in [6.45, 7) is 5.27. The van der Waals surface area contributed by atoms with Crippen LogP contribution in [0.1, 0.15) is 53.7 Å². The van der Waals surface area contributed by atoms with Crippen LogP contribution in [0.4, 0.5) is 0 Å². The van der Waals surface area contributed by atoms with Crippen LogP contribution in [0.5, 0.6) is 11.5 Å². The van der Waals surface area contributed by atoms with Gasteiger partial charge in [0, 0.05) is 12.1 Å². The molecule has 1 aliphatic rings. The summed E-state index contributed by atoms with van der Waals surface area (Å²) in [5.41, 5.74) is 2.90. The first-order valence-electron chi connectivity index (χ1n) is 9.95. The summed E-state index contributed by atoms with van der Waals surface area (Å²) in [5.74, 6) is 1.25. The van der Waals surface area contributed by atoms with Gasteiger partial charge < -0.3 is 14.8 Å². The van der Waals surface area contributed by atoms with Gasteiger partial charge in [0.15, 0.2) is 11.5 Å². The van der Waals surface area contributed by atoms with E-state index in [0.29, 0.717) is 17.1 Å². The van der Waals surface area contributed by atoms with Crippen molar-refractivity contribution in [2.24, 2.45) is 0 Å². The maximum absolute atomic E-state index is 12.6. The minimum Gasteiger partial charge on any atom is -0.493 e. The van der Waals surface area contributed by atoms with Crippen molar-refractivity contribution in [3.8, 4) is 11.5 Å². The molecule has 0 unspecified atom stereocenters. The quantitative estimate of drug-likeness (QED) is 0.780. The summed E-state index contributed by atoms with van der Waals surface area (Å²) in [4.78, 5) is 15.1. The molecule has 5 heteroatoms. The highest BCUT2D eigenvalue weighted by molar-refractivity contribution is 5.94. The fourth-order valence-electron chi connectivity index (χ4n) is 3.62. The number of carbonyl (C=O) groups excluding carboxylic acids is 1. The van der Waals surface area contributed by atoms with Crippen molar-refractivity contribution in [2.75, 3.05) is 27.3 Å². The van der Waals surface area contributed by atoms with Crippen molar-refractivity contribution in [1.82, 2.24) is 10.2 Å². The summed E-state index contributed by atoms with van der Waals surface area (Å²) in [5, 5.41) is 3.06. The van der Waals surface area contributed by atoms with E-state index in [-0.39, 0.29) is 11.9 Å². The summed E-state index contributed by atoms with van der Waals surface area (Å²) in [6, 6.07) is 13.5. The summed E-state index contributed by atoms with van der Waals surface area (Å²) in [6.07, 6.45) is 3.91. The van der Waals surface area contributed by atoms with Crippen molar-refractivity contribution < 1.29 is 14.3 Å². The minimum absolute atomic E-state index is 0.0770. The van der Waals surface area contributed by atoms with Crippen LogP contribution in [0, 0.1) is 0 Å². The van der Waals surface area contributed by atoms with Gasteiger partial charge in [-0.3, -0.25) is 9.69 Å². The smallest absolute Gasteiger partial charge is 0.251 e. The maximum atomic E-state index is 12.6. The zero-order valence-electron chi connectivity index (χ0n) is 17.0. The van der Waals surface area contributed by atoms with Gasteiger partial charge in [-0.15, -0.1) is 0 Å². The topological polar surface area (TPSA) is 50.8 Å². The molecular formula is C23H30N2O3. The molecule has 1 saturated heterocycles. The van der Waals surface area contributed by atoms with Gasteiger partial charge in [0.05, 0.1) is 20.3 Å². The van der Waals surface area contributed by atoms with Gasteiger partial charge in [-0.1, -0.05) is 24.6 Å². The van der Waals surface area contributed by atoms with E-state index in [1.165, 1.54) is 37.9 Å². The molecular weight excluding hydrogens is 352 g/mol. The third-order valence-corrected chi connectivity index (χ3v) is 5.33. The molecule has 0 aromatic heterocycles. The highest BCUT2D eigenvalue weighted by atomic mass is 16.5. The maximum Gasteiger partial charge on any atom is 0.251 e. The van der Waals surface area contributed by atoms with E-state index in [2.05, 4.69) is 22.3 Å². The summed E-state index contributed by atoms with van der Waals surface area (Å²) < 4.78 is 10.6. The number of hydrogen-bond acceptors (Lipinski definition) is 4. The molecule has 1 amide bonds. The number of nitrogens with one attached hydrogen (secondary N) is 1. The van der Waals surface area contributed by atoms with Gasteiger partial charge in [-0.05, 0) is 68.2 Å². The zero-order valence-corrected chi connectivity index (χ0v) is 17.0. The van der Waals surface area contributed by atoms with Crippen molar-refractivity contribution in [3.63, 3.8) is 0 Å². The van der Waals surface area contributed by atoms with Crippen LogP contribution in [0.3, 0.4) is 0 Å². The number of likely N-dealkylation sites (tertiary alicyclic amines) is 1. The van der Waals surface area contributed by atoms with Crippen molar-refractivity contribution >= 4 is 5.91 Å². The number of hydrogen-bond donors (Lipinski definition) is 1. The fraction of sp³-hybridized carbons (Fsp3) is 0.435. The molecule has 1 heterocycles. The summed E-state index contributed by atoms with van der Waals surface area (Å²) >= 11 is 0. The number of piperidine rings is 1. The predicted molar refractivity (Wildman–Crippen MR) is 111 cm³/mol. The number of carbonyl (C=O) groups is 1. The lowest BCUT2D eigenvalue weighted by Crippen LogP contribution is -2.29. The second kappa shape index (κ2) is 9.60. The minimum atomic E-state index is -0.139. The van der Waals surface area contributed by atoms with Gasteiger partial charge in [0.1, 0.15) is 0 Å². The molecule has 0 spiro atoms. The van der Waals surface area contributed by atoms with E-state index >= 15 is 0 Å². The number of methoxy groups -OCH3 is 2. The highest BCUT2D eigenvalue weighted by Gasteiger charge is 2.15. The molecule has 0 bridgehead atoms. The second-order valence-corrected chi connectivity index (χ2v) is 7.34. The molecule has 2 aromatic carbocycles. The Morgan fingerprint density at radius 2 is 1.68 bits per heavy atom. The number of rotatable bonds is 7. The lowest BCUT2D eigenvalue weighted by molar-refractivity contribution is 0.0940. The number of benzene rings is 2. The molecule has 1 atom stereocenters. The Morgan fingerprint density at radius 3 is 2.32 bits per heavy atom. The lowest BCUT2D eigenvalue weighted by Gasteiger charge is -2.26. The number of amides is 1. The highest BCUT2D eigenvalue weighted by Crippen LogP contribution is 2.30. The molecule has 0 radical (unpaired) electrons. The molecule has 28 heavy (non-hydrogen) atoms. The third kappa shape index (κ3) is 5.04. The van der Waals surface area contributed by atoms with Crippen LogP contribution in [0.15, 0.2) is 42.5 Å². The van der Waals surface area contributed by atoms with Crippen LogP contribution in [-0.2, 0) is 6.54 Å². The molecule has 5 nitrogen and oxygen atoms in total. The van der Waals surface area contributed by atoms with Crippen LogP contribution in [-0.4, -0.2) is 38.1 Å². The largest absolute Gasteiger partial charge is 0.493 e. The van der Waals surface area contributed by atoms with E-state index in [0.717, 1.165) is 12.1 Å². The van der Waals surface area contributed by atoms with E-state index in [1.54, 1.807) is 14.2 Å². The number of nitrogens with zero attached hydrogens (tertiary/aromatic N) is 1. The molecule has 1 aliphatic heterocycles. The van der Waals surface area contributed by atoms with Crippen molar-refractivity contribution in [1.29, 1.82) is 0 Å². The first kappa shape index (κ1) is 20.2. The first-order valence-corrected chi connectivity index (χ1v) is 9.95. The zero-order chi connectivity index (χ0) is 19.9. The average molecular weight is 383 g/mol. The first-order chi connectivity index (χ1) is 13.6. The molecule has 3 rings (SSSR count). The second-order valence-electron chi connectivity index (χ2n) is 7.34. The third-order valence-electron chi connectivity index (χ3n) is 5.33. The van der Waals surface area contributed by atoms with Gasteiger partial charge in [-0.25, -0.2) is 0 Å². The van der Waals surface area contributed by atoms with E-state index in [1.807, 2.05) is 37.3 Å². The van der Waals surface area contributed by atoms with Gasteiger partial charge in [0.2, 0.25) is 0 Å². The van der Waals surface area contributed by atoms with Gasteiger partial charge in [0.25, 0.3) is 5.91 Å². The Kier molecular flexibility index (Phi) is 6.93. The molecule has 1 N–H and O–H groups in total. The molecule has 1 fully saturated rings. The van der Waals surface area contributed by atoms with E-state index in [4.69, 9.17) is 9.47 Å². The van der Waals surface area contributed by atoms with Crippen LogP contribution in [0.25, 0.3) is 0 Å². The fourth-order valence-corrected chi connectivity index (χ4v) is 3.62. The standard InChI is InChI=1S/C23H30N2O3/c1-17(20-11-12-21(27-2)22(15-20)28-3)24-23(26)19-9-7-18(8-10-19)16-25-13-5-4-6-14-25/h7-12,15,17H,4-6,13-14,16H2,1-3H3,(H,24,26)/t17-/m1/s1. The predicted octanol–water partition coefficient (Wildman–Crippen LogP) is 4.18. The van der Waals surface area contributed by atoms with Crippen LogP contribution in [0.2, 0.25) is 0 Å².